The molecule has 0 heterocycles. The molecule has 0 spiro atoms. The summed E-state index contributed by atoms with van der Waals surface area (Å²) in [5.74, 6) is -1.45. The van der Waals surface area contributed by atoms with Gasteiger partial charge in [-0.3, -0.25) is 4.79 Å². The van der Waals surface area contributed by atoms with Gasteiger partial charge < -0.3 is 5.11 Å². The minimum absolute atomic E-state index is 0.152. The van der Waals surface area contributed by atoms with Crippen LogP contribution >= 0.6 is 0 Å². The van der Waals surface area contributed by atoms with Crippen LogP contribution < -0.4 is 4.72 Å². The van der Waals surface area contributed by atoms with Gasteiger partial charge in [-0.2, -0.15) is 0 Å². The first-order chi connectivity index (χ1) is 9.69. The van der Waals surface area contributed by atoms with Gasteiger partial charge in [-0.1, -0.05) is 32.9 Å². The smallest absolute Gasteiger partial charge is 0.307 e. The first-order valence-corrected chi connectivity index (χ1v) is 8.52. The second kappa shape index (κ2) is 7.04. The van der Waals surface area contributed by atoms with Crippen LogP contribution in [0, 0.1) is 5.92 Å². The van der Waals surface area contributed by atoms with Crippen molar-refractivity contribution in [3.63, 3.8) is 0 Å². The highest BCUT2D eigenvalue weighted by Gasteiger charge is 2.25. The molecule has 2 N–H and O–H groups in total. The number of carboxylic acids is 1. The van der Waals surface area contributed by atoms with Gasteiger partial charge in [-0.05, 0) is 37.0 Å². The van der Waals surface area contributed by atoms with Crippen molar-refractivity contribution in [3.05, 3.63) is 29.8 Å². The summed E-state index contributed by atoms with van der Waals surface area (Å²) < 4.78 is 26.8. The van der Waals surface area contributed by atoms with Gasteiger partial charge in [-0.15, -0.1) is 0 Å². The summed E-state index contributed by atoms with van der Waals surface area (Å²) in [6, 6.07) is 6.04. The molecule has 5 nitrogen and oxygen atoms in total. The van der Waals surface area contributed by atoms with Crippen molar-refractivity contribution in [2.45, 2.75) is 51.0 Å². The van der Waals surface area contributed by atoms with Crippen molar-refractivity contribution >= 4 is 16.0 Å². The normalized spacial score (nSPS) is 16.2. The second-order valence-corrected chi connectivity index (χ2v) is 7.13. The van der Waals surface area contributed by atoms with Crippen molar-refractivity contribution in [1.29, 1.82) is 0 Å². The van der Waals surface area contributed by atoms with Gasteiger partial charge in [0.25, 0.3) is 0 Å². The molecular weight excluding hydrogens is 290 g/mol. The molecule has 0 bridgehead atoms. The molecule has 0 aromatic heterocycles. The molecular formula is C15H23NO4S. The quantitative estimate of drug-likeness (QED) is 0.810. The van der Waals surface area contributed by atoms with Gasteiger partial charge in [-0.25, -0.2) is 13.1 Å². The average molecular weight is 313 g/mol. The van der Waals surface area contributed by atoms with Crippen LogP contribution in [0.15, 0.2) is 29.2 Å². The zero-order valence-electron chi connectivity index (χ0n) is 12.8. The first-order valence-electron chi connectivity index (χ1n) is 7.04. The molecule has 0 saturated carbocycles. The lowest BCUT2D eigenvalue weighted by molar-refractivity contribution is -0.141. The molecule has 0 radical (unpaired) electrons. The van der Waals surface area contributed by atoms with Crippen molar-refractivity contribution in [2.75, 3.05) is 0 Å². The standard InChI is InChI=1S/C15H23NO4S/c1-5-10(2)13-6-8-14(9-7-13)21(19,20)16-12(4)11(3)15(17)18/h6-12,16H,5H2,1-4H3,(H,17,18). The molecule has 0 amide bonds. The summed E-state index contributed by atoms with van der Waals surface area (Å²) in [7, 11) is -3.70. The SMILES string of the molecule is CCC(C)c1ccc(S(=O)(=O)NC(C)C(C)C(=O)O)cc1. The largest absolute Gasteiger partial charge is 0.481 e. The summed E-state index contributed by atoms with van der Waals surface area (Å²) in [6.07, 6.45) is 0.984. The minimum atomic E-state index is -3.70. The lowest BCUT2D eigenvalue weighted by atomic mass is 9.99. The summed E-state index contributed by atoms with van der Waals surface area (Å²) in [5.41, 5.74) is 1.09. The Labute approximate surface area is 126 Å². The predicted molar refractivity (Wildman–Crippen MR) is 81.7 cm³/mol. The molecule has 21 heavy (non-hydrogen) atoms. The topological polar surface area (TPSA) is 83.5 Å². The highest BCUT2D eigenvalue weighted by atomic mass is 32.2. The molecule has 0 aliphatic heterocycles. The van der Waals surface area contributed by atoms with E-state index in [1.54, 1.807) is 31.2 Å². The highest BCUT2D eigenvalue weighted by molar-refractivity contribution is 7.89. The zero-order valence-corrected chi connectivity index (χ0v) is 13.6. The Bertz CT molecular complexity index is 580. The molecule has 6 heteroatoms. The van der Waals surface area contributed by atoms with E-state index in [4.69, 9.17) is 5.11 Å². The molecule has 1 aromatic rings. The van der Waals surface area contributed by atoms with Crippen LogP contribution in [0.2, 0.25) is 0 Å². The van der Waals surface area contributed by atoms with Crippen LogP contribution in [-0.2, 0) is 14.8 Å². The minimum Gasteiger partial charge on any atom is -0.481 e. The third-order valence-electron chi connectivity index (χ3n) is 3.85. The van der Waals surface area contributed by atoms with E-state index in [0.717, 1.165) is 12.0 Å². The number of benzene rings is 1. The Hall–Kier alpha value is -1.40. The van der Waals surface area contributed by atoms with Crippen LogP contribution in [0.1, 0.15) is 45.6 Å². The number of sulfonamides is 1. The van der Waals surface area contributed by atoms with Crippen molar-refractivity contribution in [2.24, 2.45) is 5.92 Å². The van der Waals surface area contributed by atoms with Gasteiger partial charge in [0.15, 0.2) is 0 Å². The molecule has 118 valence electrons. The Morgan fingerprint density at radius 3 is 2.14 bits per heavy atom. The molecule has 3 unspecified atom stereocenters. The molecule has 0 aliphatic carbocycles. The van der Waals surface area contributed by atoms with Gasteiger partial charge in [0.1, 0.15) is 0 Å². The fourth-order valence-electron chi connectivity index (χ4n) is 1.84. The van der Waals surface area contributed by atoms with E-state index < -0.39 is 28.0 Å². The molecule has 1 rings (SSSR count). The fraction of sp³-hybridized carbons (Fsp3) is 0.533. The number of carboxylic acid groups (broad SMARTS) is 1. The molecule has 0 fully saturated rings. The zero-order chi connectivity index (χ0) is 16.2. The van der Waals surface area contributed by atoms with E-state index in [1.165, 1.54) is 6.92 Å². The Balaban J connectivity index is 2.91. The van der Waals surface area contributed by atoms with E-state index in [0.29, 0.717) is 5.92 Å². The summed E-state index contributed by atoms with van der Waals surface area (Å²) in [4.78, 5) is 11.0. The van der Waals surface area contributed by atoms with E-state index in [2.05, 4.69) is 18.6 Å². The monoisotopic (exact) mass is 313 g/mol. The summed E-state index contributed by atoms with van der Waals surface area (Å²) in [5, 5.41) is 8.91. The highest BCUT2D eigenvalue weighted by Crippen LogP contribution is 2.20. The maximum absolute atomic E-state index is 12.2. The van der Waals surface area contributed by atoms with Crippen molar-refractivity contribution < 1.29 is 18.3 Å². The molecule has 0 aliphatic rings. The van der Waals surface area contributed by atoms with Crippen molar-refractivity contribution in [3.8, 4) is 0 Å². The lowest BCUT2D eigenvalue weighted by Crippen LogP contribution is -2.39. The van der Waals surface area contributed by atoms with Crippen LogP contribution in [0.5, 0.6) is 0 Å². The van der Waals surface area contributed by atoms with E-state index in [1.807, 2.05) is 0 Å². The van der Waals surface area contributed by atoms with Gasteiger partial charge in [0.05, 0.1) is 10.8 Å². The number of hydrogen-bond acceptors (Lipinski definition) is 3. The van der Waals surface area contributed by atoms with E-state index in [-0.39, 0.29) is 4.90 Å². The summed E-state index contributed by atoms with van der Waals surface area (Å²) in [6.45, 7) is 7.18. The maximum Gasteiger partial charge on any atom is 0.307 e. The first kappa shape index (κ1) is 17.7. The van der Waals surface area contributed by atoms with Gasteiger partial charge in [0.2, 0.25) is 10.0 Å². The van der Waals surface area contributed by atoms with Gasteiger partial charge >= 0.3 is 5.97 Å². The van der Waals surface area contributed by atoms with Crippen LogP contribution in [-0.4, -0.2) is 25.5 Å². The Morgan fingerprint density at radius 2 is 1.71 bits per heavy atom. The van der Waals surface area contributed by atoms with Crippen molar-refractivity contribution in [1.82, 2.24) is 4.72 Å². The summed E-state index contributed by atoms with van der Waals surface area (Å²) >= 11 is 0. The number of aliphatic carboxylic acids is 1. The van der Waals surface area contributed by atoms with Crippen LogP contribution in [0.4, 0.5) is 0 Å². The van der Waals surface area contributed by atoms with E-state index in [9.17, 15) is 13.2 Å². The maximum atomic E-state index is 12.2. The number of rotatable bonds is 7. The number of hydrogen-bond donors (Lipinski definition) is 2. The van der Waals surface area contributed by atoms with Crippen LogP contribution in [0.3, 0.4) is 0 Å². The number of nitrogens with one attached hydrogen (secondary N) is 1. The van der Waals surface area contributed by atoms with Crippen LogP contribution in [0.25, 0.3) is 0 Å². The fourth-order valence-corrected chi connectivity index (χ4v) is 3.16. The lowest BCUT2D eigenvalue weighted by Gasteiger charge is -2.18. The average Bonchev–Trinajstić information content (AvgIpc) is 2.45. The third-order valence-corrected chi connectivity index (χ3v) is 5.43. The Kier molecular flexibility index (Phi) is 5.92. The third kappa shape index (κ3) is 4.54. The predicted octanol–water partition coefficient (Wildman–Crippen LogP) is 2.59. The molecule has 1 aromatic carbocycles. The number of carbonyl (C=O) groups is 1. The Morgan fingerprint density at radius 1 is 1.19 bits per heavy atom. The molecule has 0 saturated heterocycles. The second-order valence-electron chi connectivity index (χ2n) is 5.42. The molecule has 3 atom stereocenters. The van der Waals surface area contributed by atoms with Gasteiger partial charge in [0, 0.05) is 6.04 Å². The van der Waals surface area contributed by atoms with E-state index >= 15 is 0 Å².